The third kappa shape index (κ3) is 6.27. The van der Waals surface area contributed by atoms with Gasteiger partial charge in [-0.3, -0.25) is 9.59 Å². The van der Waals surface area contributed by atoms with Gasteiger partial charge in [0.25, 0.3) is 0 Å². The Balaban J connectivity index is 1.56. The molecular formula is C21H30N2O5S. The van der Waals surface area contributed by atoms with Crippen LogP contribution >= 0.6 is 0 Å². The summed E-state index contributed by atoms with van der Waals surface area (Å²) in [6.07, 6.45) is 3.14. The van der Waals surface area contributed by atoms with Gasteiger partial charge in [-0.2, -0.15) is 0 Å². The van der Waals surface area contributed by atoms with Gasteiger partial charge in [0, 0.05) is 25.6 Å². The van der Waals surface area contributed by atoms with Crippen molar-refractivity contribution < 1.29 is 22.7 Å². The maximum Gasteiger partial charge on any atom is 0.325 e. The number of carbonyl (C=O) groups excluding carboxylic acids is 2. The molecule has 3 rings (SSSR count). The average Bonchev–Trinajstić information content (AvgIpc) is 3.52. The Morgan fingerprint density at radius 3 is 2.34 bits per heavy atom. The molecule has 0 bridgehead atoms. The molecule has 0 radical (unpaired) electrons. The number of carbonyl (C=O) groups is 2. The lowest BCUT2D eigenvalue weighted by molar-refractivity contribution is -0.150. The smallest absolute Gasteiger partial charge is 0.325 e. The van der Waals surface area contributed by atoms with E-state index in [2.05, 4.69) is 0 Å². The molecule has 0 spiro atoms. The SMILES string of the molecule is CCOC(=O)CN(CC1CC1)C(=O)C1CCN(S(=O)(=O)Cc2ccccc2)CC1. The van der Waals surface area contributed by atoms with Gasteiger partial charge in [-0.1, -0.05) is 30.3 Å². The highest BCUT2D eigenvalue weighted by Crippen LogP contribution is 2.31. The van der Waals surface area contributed by atoms with E-state index in [1.807, 2.05) is 18.2 Å². The second-order valence-electron chi connectivity index (χ2n) is 7.88. The van der Waals surface area contributed by atoms with Crippen LogP contribution in [0, 0.1) is 11.8 Å². The molecule has 1 saturated heterocycles. The van der Waals surface area contributed by atoms with Crippen molar-refractivity contribution in [1.82, 2.24) is 9.21 Å². The summed E-state index contributed by atoms with van der Waals surface area (Å²) in [5.41, 5.74) is 0.760. The summed E-state index contributed by atoms with van der Waals surface area (Å²) in [6, 6.07) is 9.12. The van der Waals surface area contributed by atoms with Crippen LogP contribution in [0.2, 0.25) is 0 Å². The first-order valence-electron chi connectivity index (χ1n) is 10.3. The van der Waals surface area contributed by atoms with Crippen LogP contribution in [0.3, 0.4) is 0 Å². The molecule has 2 aliphatic rings. The van der Waals surface area contributed by atoms with Gasteiger partial charge in [0.15, 0.2) is 0 Å². The minimum Gasteiger partial charge on any atom is -0.465 e. The number of nitrogens with zero attached hydrogens (tertiary/aromatic N) is 2. The van der Waals surface area contributed by atoms with E-state index in [4.69, 9.17) is 4.74 Å². The first-order chi connectivity index (χ1) is 13.9. The minimum absolute atomic E-state index is 0.0182. The zero-order valence-corrected chi connectivity index (χ0v) is 17.8. The zero-order valence-electron chi connectivity index (χ0n) is 17.0. The van der Waals surface area contributed by atoms with Crippen LogP contribution in [0.4, 0.5) is 0 Å². The summed E-state index contributed by atoms with van der Waals surface area (Å²) in [4.78, 5) is 26.5. The molecule has 0 aromatic heterocycles. The fourth-order valence-electron chi connectivity index (χ4n) is 3.72. The Bertz CT molecular complexity index is 800. The molecule has 1 aromatic rings. The van der Waals surface area contributed by atoms with E-state index in [1.165, 1.54) is 4.31 Å². The van der Waals surface area contributed by atoms with E-state index in [0.29, 0.717) is 45.0 Å². The van der Waals surface area contributed by atoms with Gasteiger partial charge < -0.3 is 9.64 Å². The molecule has 8 heteroatoms. The van der Waals surface area contributed by atoms with Crippen molar-refractivity contribution in [2.45, 2.75) is 38.4 Å². The second kappa shape index (κ2) is 9.71. The highest BCUT2D eigenvalue weighted by atomic mass is 32.2. The van der Waals surface area contributed by atoms with Crippen molar-refractivity contribution in [3.63, 3.8) is 0 Å². The summed E-state index contributed by atoms with van der Waals surface area (Å²) in [6.45, 7) is 3.28. The third-order valence-electron chi connectivity index (χ3n) is 5.50. The van der Waals surface area contributed by atoms with E-state index in [1.54, 1.807) is 24.0 Å². The lowest BCUT2D eigenvalue weighted by Gasteiger charge is -2.33. The van der Waals surface area contributed by atoms with Crippen molar-refractivity contribution in [3.05, 3.63) is 35.9 Å². The van der Waals surface area contributed by atoms with Gasteiger partial charge in [-0.05, 0) is 44.1 Å². The average molecular weight is 423 g/mol. The summed E-state index contributed by atoms with van der Waals surface area (Å²) in [5.74, 6) is -0.233. The molecular weight excluding hydrogens is 392 g/mol. The Morgan fingerprint density at radius 1 is 1.10 bits per heavy atom. The predicted molar refractivity (Wildman–Crippen MR) is 109 cm³/mol. The second-order valence-corrected chi connectivity index (χ2v) is 9.85. The van der Waals surface area contributed by atoms with Crippen molar-refractivity contribution in [2.75, 3.05) is 32.8 Å². The Morgan fingerprint density at radius 2 is 1.76 bits per heavy atom. The fraction of sp³-hybridized carbons (Fsp3) is 0.619. The highest BCUT2D eigenvalue weighted by Gasteiger charge is 2.35. The monoisotopic (exact) mass is 422 g/mol. The van der Waals surface area contributed by atoms with E-state index in [0.717, 1.165) is 18.4 Å². The number of hydrogen-bond donors (Lipinski definition) is 0. The molecule has 2 fully saturated rings. The summed E-state index contributed by atoms with van der Waals surface area (Å²) >= 11 is 0. The van der Waals surface area contributed by atoms with Gasteiger partial charge in [-0.15, -0.1) is 0 Å². The largest absolute Gasteiger partial charge is 0.465 e. The Labute approximate surface area is 173 Å². The summed E-state index contributed by atoms with van der Waals surface area (Å²) in [7, 11) is -3.41. The molecule has 1 aliphatic heterocycles. The van der Waals surface area contributed by atoms with Crippen molar-refractivity contribution in [3.8, 4) is 0 Å². The van der Waals surface area contributed by atoms with Crippen molar-refractivity contribution in [2.24, 2.45) is 11.8 Å². The number of piperidine rings is 1. The van der Waals surface area contributed by atoms with E-state index in [9.17, 15) is 18.0 Å². The summed E-state index contributed by atoms with van der Waals surface area (Å²) in [5, 5.41) is 0. The number of benzene rings is 1. The molecule has 1 aromatic carbocycles. The van der Waals surface area contributed by atoms with Crippen molar-refractivity contribution in [1.29, 1.82) is 0 Å². The van der Waals surface area contributed by atoms with Crippen LogP contribution in [-0.4, -0.2) is 62.3 Å². The van der Waals surface area contributed by atoms with E-state index < -0.39 is 10.0 Å². The molecule has 160 valence electrons. The maximum absolute atomic E-state index is 13.0. The molecule has 29 heavy (non-hydrogen) atoms. The standard InChI is InChI=1S/C21H30N2O5S/c1-2-28-20(24)15-22(14-17-8-9-17)21(25)19-10-12-23(13-11-19)29(26,27)16-18-6-4-3-5-7-18/h3-7,17,19H,2,8-16H2,1H3. The van der Waals surface area contributed by atoms with Crippen LogP contribution in [0.15, 0.2) is 30.3 Å². The number of esters is 1. The van der Waals surface area contributed by atoms with E-state index in [-0.39, 0.29) is 30.1 Å². The number of ether oxygens (including phenoxy) is 1. The Hall–Kier alpha value is -1.93. The minimum atomic E-state index is -3.41. The van der Waals surface area contributed by atoms with Crippen LogP contribution in [0.5, 0.6) is 0 Å². The van der Waals surface area contributed by atoms with Crippen LogP contribution in [0.1, 0.15) is 38.2 Å². The van der Waals surface area contributed by atoms with Crippen LogP contribution < -0.4 is 0 Å². The molecule has 0 atom stereocenters. The number of rotatable bonds is 9. The molecule has 0 unspecified atom stereocenters. The molecule has 1 amide bonds. The normalized spacial score (nSPS) is 18.4. The summed E-state index contributed by atoms with van der Waals surface area (Å²) < 4.78 is 31.9. The highest BCUT2D eigenvalue weighted by molar-refractivity contribution is 7.88. The first-order valence-corrected chi connectivity index (χ1v) is 12.0. The van der Waals surface area contributed by atoms with Crippen LogP contribution in [0.25, 0.3) is 0 Å². The molecule has 7 nitrogen and oxygen atoms in total. The number of hydrogen-bond acceptors (Lipinski definition) is 5. The number of amides is 1. The van der Waals surface area contributed by atoms with Crippen molar-refractivity contribution >= 4 is 21.9 Å². The van der Waals surface area contributed by atoms with Crippen LogP contribution in [-0.2, 0) is 30.1 Å². The maximum atomic E-state index is 13.0. The lowest BCUT2D eigenvalue weighted by Crippen LogP contribution is -2.46. The Kier molecular flexibility index (Phi) is 7.29. The fourth-order valence-corrected chi connectivity index (χ4v) is 5.29. The third-order valence-corrected chi connectivity index (χ3v) is 7.35. The molecule has 1 heterocycles. The molecule has 1 aliphatic carbocycles. The zero-order chi connectivity index (χ0) is 20.9. The predicted octanol–water partition coefficient (Wildman–Crippen LogP) is 2.03. The first kappa shape index (κ1) is 21.8. The van der Waals surface area contributed by atoms with Gasteiger partial charge in [0.2, 0.25) is 15.9 Å². The van der Waals surface area contributed by atoms with Gasteiger partial charge in [-0.25, -0.2) is 12.7 Å². The molecule has 1 saturated carbocycles. The van der Waals surface area contributed by atoms with Gasteiger partial charge in [0.1, 0.15) is 6.54 Å². The number of sulfonamides is 1. The van der Waals surface area contributed by atoms with Gasteiger partial charge >= 0.3 is 5.97 Å². The van der Waals surface area contributed by atoms with Gasteiger partial charge in [0.05, 0.1) is 12.4 Å². The van der Waals surface area contributed by atoms with E-state index >= 15 is 0 Å². The quantitative estimate of drug-likeness (QED) is 0.569. The molecule has 0 N–H and O–H groups in total. The lowest BCUT2D eigenvalue weighted by atomic mass is 9.96. The topological polar surface area (TPSA) is 84.0 Å².